The van der Waals surface area contributed by atoms with Crippen LogP contribution in [0.25, 0.3) is 0 Å². The van der Waals surface area contributed by atoms with E-state index >= 15 is 0 Å². The summed E-state index contributed by atoms with van der Waals surface area (Å²) in [5, 5.41) is 0. The number of aryl methyl sites for hydroxylation is 2. The molecule has 0 fully saturated rings. The highest BCUT2D eigenvalue weighted by molar-refractivity contribution is 5.85. The molecule has 0 aliphatic heterocycles. The molecule has 2 aromatic rings. The summed E-state index contributed by atoms with van der Waals surface area (Å²) in [7, 11) is 0. The Bertz CT molecular complexity index is 939. The van der Waals surface area contributed by atoms with Crippen molar-refractivity contribution in [1.82, 2.24) is 10.9 Å². The standard InChI is InChI=1S/C27H38N2O4/c1-7-20(3)22-11-8-9-12-23(22)33-18-25(30)28-29-26(31)27(5,6)15-10-16-32-24-17-19(2)13-14-21(24)4/h8-9,11-14,17,20H,7,10,15-16,18H2,1-6H3,(H,28,30)(H,29,31). The Hall–Kier alpha value is -3.02. The number of ether oxygens (including phenoxy) is 2. The molecule has 6 nitrogen and oxygen atoms in total. The average molecular weight is 455 g/mol. The molecule has 0 aliphatic rings. The van der Waals surface area contributed by atoms with E-state index in [0.717, 1.165) is 35.3 Å². The number of para-hydroxylation sites is 1. The molecule has 1 atom stereocenters. The van der Waals surface area contributed by atoms with E-state index in [1.54, 1.807) is 0 Å². The van der Waals surface area contributed by atoms with Crippen molar-refractivity contribution < 1.29 is 19.1 Å². The molecule has 2 rings (SSSR count). The number of carbonyl (C=O) groups is 2. The van der Waals surface area contributed by atoms with Crippen molar-refractivity contribution in [3.63, 3.8) is 0 Å². The fourth-order valence-electron chi connectivity index (χ4n) is 3.39. The molecule has 0 aromatic heterocycles. The Morgan fingerprint density at radius 2 is 1.73 bits per heavy atom. The van der Waals surface area contributed by atoms with Crippen LogP contribution in [0.4, 0.5) is 0 Å². The van der Waals surface area contributed by atoms with Gasteiger partial charge in [-0.1, -0.05) is 58.0 Å². The first-order valence-electron chi connectivity index (χ1n) is 11.6. The first-order valence-corrected chi connectivity index (χ1v) is 11.6. The van der Waals surface area contributed by atoms with Crippen molar-refractivity contribution in [2.75, 3.05) is 13.2 Å². The van der Waals surface area contributed by atoms with Crippen molar-refractivity contribution >= 4 is 11.8 Å². The van der Waals surface area contributed by atoms with Crippen LogP contribution >= 0.6 is 0 Å². The largest absolute Gasteiger partial charge is 0.493 e. The lowest BCUT2D eigenvalue weighted by molar-refractivity contribution is -0.135. The van der Waals surface area contributed by atoms with Crippen LogP contribution in [-0.2, 0) is 9.59 Å². The third-order valence-corrected chi connectivity index (χ3v) is 5.90. The van der Waals surface area contributed by atoms with Crippen LogP contribution in [0.15, 0.2) is 42.5 Å². The van der Waals surface area contributed by atoms with Crippen LogP contribution in [0.5, 0.6) is 11.5 Å². The van der Waals surface area contributed by atoms with Crippen LogP contribution in [-0.4, -0.2) is 25.0 Å². The van der Waals surface area contributed by atoms with E-state index in [2.05, 4.69) is 30.8 Å². The zero-order valence-corrected chi connectivity index (χ0v) is 20.8. The molecule has 0 radical (unpaired) electrons. The number of hydrogen-bond acceptors (Lipinski definition) is 4. The monoisotopic (exact) mass is 454 g/mol. The van der Waals surface area contributed by atoms with Gasteiger partial charge in [-0.05, 0) is 67.9 Å². The minimum Gasteiger partial charge on any atom is -0.493 e. The van der Waals surface area contributed by atoms with E-state index in [4.69, 9.17) is 9.47 Å². The predicted octanol–water partition coefficient (Wildman–Crippen LogP) is 5.23. The zero-order valence-electron chi connectivity index (χ0n) is 20.8. The predicted molar refractivity (Wildman–Crippen MR) is 131 cm³/mol. The van der Waals surface area contributed by atoms with Crippen LogP contribution in [0.1, 0.15) is 69.6 Å². The summed E-state index contributed by atoms with van der Waals surface area (Å²) in [4.78, 5) is 24.8. The summed E-state index contributed by atoms with van der Waals surface area (Å²) in [5.41, 5.74) is 7.64. The molecule has 0 bridgehead atoms. The van der Waals surface area contributed by atoms with Gasteiger partial charge in [-0.15, -0.1) is 0 Å². The number of nitrogens with one attached hydrogen (secondary N) is 2. The van der Waals surface area contributed by atoms with Crippen molar-refractivity contribution in [3.8, 4) is 11.5 Å². The number of amides is 2. The minimum atomic E-state index is -0.650. The Kier molecular flexibility index (Phi) is 9.76. The average Bonchev–Trinajstić information content (AvgIpc) is 2.80. The van der Waals surface area contributed by atoms with Gasteiger partial charge >= 0.3 is 0 Å². The lowest BCUT2D eigenvalue weighted by Crippen LogP contribution is -2.49. The van der Waals surface area contributed by atoms with E-state index in [-0.39, 0.29) is 12.5 Å². The first-order chi connectivity index (χ1) is 15.6. The Morgan fingerprint density at radius 1 is 1.00 bits per heavy atom. The number of hydrogen-bond donors (Lipinski definition) is 2. The fraction of sp³-hybridized carbons (Fsp3) is 0.481. The molecule has 33 heavy (non-hydrogen) atoms. The number of hydrazine groups is 1. The van der Waals surface area contributed by atoms with E-state index in [9.17, 15) is 9.59 Å². The summed E-state index contributed by atoms with van der Waals surface area (Å²) in [5.74, 6) is 1.25. The normalized spacial score (nSPS) is 12.1. The van der Waals surface area contributed by atoms with Gasteiger partial charge in [0.05, 0.1) is 6.61 Å². The van der Waals surface area contributed by atoms with Gasteiger partial charge in [0.2, 0.25) is 5.91 Å². The highest BCUT2D eigenvalue weighted by atomic mass is 16.5. The van der Waals surface area contributed by atoms with Crippen LogP contribution < -0.4 is 20.3 Å². The lowest BCUT2D eigenvalue weighted by atomic mass is 9.87. The summed E-state index contributed by atoms with van der Waals surface area (Å²) in [6.45, 7) is 12.3. The van der Waals surface area contributed by atoms with Gasteiger partial charge in [0, 0.05) is 5.41 Å². The summed E-state index contributed by atoms with van der Waals surface area (Å²) >= 11 is 0. The molecule has 0 spiro atoms. The molecule has 1 unspecified atom stereocenters. The second-order valence-electron chi connectivity index (χ2n) is 9.24. The fourth-order valence-corrected chi connectivity index (χ4v) is 3.39. The highest BCUT2D eigenvalue weighted by Gasteiger charge is 2.27. The Labute approximate surface area is 198 Å². The van der Waals surface area contributed by atoms with Gasteiger partial charge in [0.1, 0.15) is 11.5 Å². The molecule has 2 aromatic carbocycles. The number of rotatable bonds is 11. The van der Waals surface area contributed by atoms with E-state index < -0.39 is 11.3 Å². The van der Waals surface area contributed by atoms with Crippen LogP contribution in [0.3, 0.4) is 0 Å². The Morgan fingerprint density at radius 3 is 2.45 bits per heavy atom. The number of carbonyl (C=O) groups excluding carboxylic acids is 2. The summed E-state index contributed by atoms with van der Waals surface area (Å²) in [6, 6.07) is 13.8. The molecular weight excluding hydrogens is 416 g/mol. The van der Waals surface area contributed by atoms with Crippen molar-refractivity contribution in [1.29, 1.82) is 0 Å². The third-order valence-electron chi connectivity index (χ3n) is 5.90. The second-order valence-corrected chi connectivity index (χ2v) is 9.24. The van der Waals surface area contributed by atoms with Gasteiger partial charge in [0.25, 0.3) is 5.91 Å². The van der Waals surface area contributed by atoms with E-state index in [1.807, 2.05) is 64.1 Å². The molecule has 6 heteroatoms. The molecule has 0 aliphatic carbocycles. The topological polar surface area (TPSA) is 76.7 Å². The van der Waals surface area contributed by atoms with Gasteiger partial charge in [-0.2, -0.15) is 0 Å². The van der Waals surface area contributed by atoms with Crippen LogP contribution in [0.2, 0.25) is 0 Å². The van der Waals surface area contributed by atoms with E-state index in [0.29, 0.717) is 24.7 Å². The molecule has 0 heterocycles. The zero-order chi connectivity index (χ0) is 24.4. The second kappa shape index (κ2) is 12.3. The third kappa shape index (κ3) is 8.12. The highest BCUT2D eigenvalue weighted by Crippen LogP contribution is 2.28. The maximum Gasteiger partial charge on any atom is 0.276 e. The van der Waals surface area contributed by atoms with Crippen molar-refractivity contribution in [2.24, 2.45) is 5.41 Å². The van der Waals surface area contributed by atoms with Gasteiger partial charge in [0.15, 0.2) is 6.61 Å². The van der Waals surface area contributed by atoms with Crippen molar-refractivity contribution in [3.05, 3.63) is 59.2 Å². The maximum atomic E-state index is 12.6. The molecule has 2 amide bonds. The number of benzene rings is 2. The smallest absolute Gasteiger partial charge is 0.276 e. The molecule has 0 saturated carbocycles. The maximum absolute atomic E-state index is 12.6. The van der Waals surface area contributed by atoms with Crippen LogP contribution in [0, 0.1) is 19.3 Å². The quantitative estimate of drug-likeness (QED) is 0.360. The van der Waals surface area contributed by atoms with Gasteiger partial charge in [-0.3, -0.25) is 20.4 Å². The van der Waals surface area contributed by atoms with Gasteiger partial charge in [-0.25, -0.2) is 0 Å². The summed E-state index contributed by atoms with van der Waals surface area (Å²) in [6.07, 6.45) is 2.32. The van der Waals surface area contributed by atoms with Gasteiger partial charge < -0.3 is 9.47 Å². The van der Waals surface area contributed by atoms with E-state index in [1.165, 1.54) is 0 Å². The van der Waals surface area contributed by atoms with Crippen molar-refractivity contribution in [2.45, 2.75) is 66.7 Å². The SMILES string of the molecule is CCC(C)c1ccccc1OCC(=O)NNC(=O)C(C)(C)CCCOc1cc(C)ccc1C. The molecule has 180 valence electrons. The first kappa shape index (κ1) is 26.2. The Balaban J connectivity index is 1.75. The summed E-state index contributed by atoms with van der Waals surface area (Å²) < 4.78 is 11.6. The lowest BCUT2D eigenvalue weighted by Gasteiger charge is -2.24. The molecular formula is C27H38N2O4. The minimum absolute atomic E-state index is 0.169. The molecule has 0 saturated heterocycles. The molecule has 2 N–H and O–H groups in total.